The Morgan fingerprint density at radius 3 is 2.67 bits per heavy atom. The van der Waals surface area contributed by atoms with Crippen LogP contribution < -0.4 is 5.73 Å². The monoisotopic (exact) mass is 214 g/mol. The van der Waals surface area contributed by atoms with Crippen LogP contribution in [0.3, 0.4) is 0 Å². The van der Waals surface area contributed by atoms with Gasteiger partial charge in [-0.15, -0.1) is 0 Å². The molecular weight excluding hydrogens is 192 g/mol. The smallest absolute Gasteiger partial charge is 0.311 e. The lowest BCUT2D eigenvalue weighted by molar-refractivity contribution is -0.151. The van der Waals surface area contributed by atoms with Gasteiger partial charge in [0.05, 0.1) is 5.41 Å². The third-order valence-corrected chi connectivity index (χ3v) is 3.59. The van der Waals surface area contributed by atoms with E-state index in [0.29, 0.717) is 13.1 Å². The first-order valence-electron chi connectivity index (χ1n) is 5.69. The number of likely N-dealkylation sites (tertiary alicyclic amines) is 1. The van der Waals surface area contributed by atoms with Gasteiger partial charge in [-0.05, 0) is 38.4 Å². The number of nitrogens with zero attached hydrogens (tertiary/aromatic N) is 1. The summed E-state index contributed by atoms with van der Waals surface area (Å²) in [6.45, 7) is 7.18. The highest BCUT2D eigenvalue weighted by atomic mass is 16.4. The van der Waals surface area contributed by atoms with Crippen LogP contribution in [0.5, 0.6) is 0 Å². The molecule has 0 aliphatic carbocycles. The molecule has 1 atom stereocenters. The molecule has 88 valence electrons. The molecule has 0 aromatic rings. The molecule has 0 radical (unpaired) electrons. The van der Waals surface area contributed by atoms with E-state index in [9.17, 15) is 9.90 Å². The Hall–Kier alpha value is -0.610. The fraction of sp³-hybridized carbons (Fsp3) is 0.909. The van der Waals surface area contributed by atoms with E-state index in [-0.39, 0.29) is 5.92 Å². The van der Waals surface area contributed by atoms with Crippen LogP contribution in [0.25, 0.3) is 0 Å². The predicted molar refractivity (Wildman–Crippen MR) is 59.6 cm³/mol. The van der Waals surface area contributed by atoms with E-state index in [1.165, 1.54) is 0 Å². The van der Waals surface area contributed by atoms with Crippen LogP contribution in [0.1, 0.15) is 26.7 Å². The molecule has 0 saturated carbocycles. The number of hydrogen-bond donors (Lipinski definition) is 2. The van der Waals surface area contributed by atoms with Crippen LogP contribution in [0.2, 0.25) is 0 Å². The Bertz CT molecular complexity index is 231. The number of aliphatic carboxylic acids is 1. The van der Waals surface area contributed by atoms with Crippen molar-refractivity contribution in [1.29, 1.82) is 0 Å². The summed E-state index contributed by atoms with van der Waals surface area (Å²) in [5.74, 6) is -0.453. The summed E-state index contributed by atoms with van der Waals surface area (Å²) in [7, 11) is 0. The van der Waals surface area contributed by atoms with Crippen LogP contribution in [-0.2, 0) is 4.79 Å². The summed E-state index contributed by atoms with van der Waals surface area (Å²) in [4.78, 5) is 13.6. The molecule has 1 rings (SSSR count). The van der Waals surface area contributed by atoms with Gasteiger partial charge in [-0.2, -0.15) is 0 Å². The van der Waals surface area contributed by atoms with Gasteiger partial charge in [0.15, 0.2) is 0 Å². The molecule has 1 saturated heterocycles. The highest BCUT2D eigenvalue weighted by molar-refractivity contribution is 5.75. The van der Waals surface area contributed by atoms with E-state index < -0.39 is 11.4 Å². The van der Waals surface area contributed by atoms with E-state index in [1.54, 1.807) is 0 Å². The third kappa shape index (κ3) is 2.49. The SMILES string of the molecule is CC(C)C1(C(=O)O)CCN(CCCN)C1. The molecule has 3 N–H and O–H groups in total. The second-order valence-electron chi connectivity index (χ2n) is 4.78. The average molecular weight is 214 g/mol. The molecule has 0 aromatic carbocycles. The summed E-state index contributed by atoms with van der Waals surface area (Å²) in [6, 6.07) is 0. The van der Waals surface area contributed by atoms with Crippen molar-refractivity contribution in [2.75, 3.05) is 26.2 Å². The quantitative estimate of drug-likeness (QED) is 0.709. The van der Waals surface area contributed by atoms with Gasteiger partial charge in [0.1, 0.15) is 0 Å². The first-order valence-corrected chi connectivity index (χ1v) is 5.69. The number of carbonyl (C=O) groups is 1. The zero-order valence-electron chi connectivity index (χ0n) is 9.70. The molecule has 4 nitrogen and oxygen atoms in total. The molecule has 1 unspecified atom stereocenters. The van der Waals surface area contributed by atoms with Crippen LogP contribution >= 0.6 is 0 Å². The summed E-state index contributed by atoms with van der Waals surface area (Å²) >= 11 is 0. The Balaban J connectivity index is 2.60. The molecule has 1 aliphatic heterocycles. The Kier molecular flexibility index (Phi) is 4.11. The zero-order chi connectivity index (χ0) is 11.5. The van der Waals surface area contributed by atoms with E-state index in [4.69, 9.17) is 5.73 Å². The molecular formula is C11H22N2O2. The zero-order valence-corrected chi connectivity index (χ0v) is 9.70. The maximum atomic E-state index is 11.3. The van der Waals surface area contributed by atoms with Crippen molar-refractivity contribution < 1.29 is 9.90 Å². The second kappa shape index (κ2) is 4.94. The van der Waals surface area contributed by atoms with Crippen LogP contribution in [0.15, 0.2) is 0 Å². The lowest BCUT2D eigenvalue weighted by Gasteiger charge is -2.28. The largest absolute Gasteiger partial charge is 0.481 e. The standard InChI is InChI=1S/C11H22N2O2/c1-9(2)11(10(14)15)4-7-13(8-11)6-3-5-12/h9H,3-8,12H2,1-2H3,(H,14,15). The fourth-order valence-corrected chi connectivity index (χ4v) is 2.31. The van der Waals surface area contributed by atoms with Gasteiger partial charge in [0.25, 0.3) is 0 Å². The van der Waals surface area contributed by atoms with Gasteiger partial charge in [-0.25, -0.2) is 0 Å². The van der Waals surface area contributed by atoms with Gasteiger partial charge < -0.3 is 15.7 Å². The van der Waals surface area contributed by atoms with Crippen molar-refractivity contribution in [1.82, 2.24) is 4.90 Å². The minimum absolute atomic E-state index is 0.192. The fourth-order valence-electron chi connectivity index (χ4n) is 2.31. The molecule has 1 fully saturated rings. The topological polar surface area (TPSA) is 66.6 Å². The summed E-state index contributed by atoms with van der Waals surface area (Å²) < 4.78 is 0. The van der Waals surface area contributed by atoms with E-state index in [2.05, 4.69) is 4.90 Å². The number of nitrogens with two attached hydrogens (primary N) is 1. The van der Waals surface area contributed by atoms with Crippen molar-refractivity contribution >= 4 is 5.97 Å². The highest BCUT2D eigenvalue weighted by Gasteiger charge is 2.46. The van der Waals surface area contributed by atoms with Crippen LogP contribution in [-0.4, -0.2) is 42.2 Å². The number of carboxylic acids is 1. The number of hydrogen-bond acceptors (Lipinski definition) is 3. The van der Waals surface area contributed by atoms with Crippen molar-refractivity contribution in [3.63, 3.8) is 0 Å². The van der Waals surface area contributed by atoms with E-state index in [0.717, 1.165) is 25.9 Å². The van der Waals surface area contributed by atoms with Gasteiger partial charge in [0, 0.05) is 6.54 Å². The van der Waals surface area contributed by atoms with Crippen molar-refractivity contribution in [3.8, 4) is 0 Å². The molecule has 0 spiro atoms. The first kappa shape index (κ1) is 12.5. The van der Waals surface area contributed by atoms with E-state index >= 15 is 0 Å². The maximum Gasteiger partial charge on any atom is 0.311 e. The van der Waals surface area contributed by atoms with Gasteiger partial charge >= 0.3 is 5.97 Å². The summed E-state index contributed by atoms with van der Waals surface area (Å²) in [6.07, 6.45) is 1.72. The van der Waals surface area contributed by atoms with Gasteiger partial charge in [0.2, 0.25) is 0 Å². The second-order valence-corrected chi connectivity index (χ2v) is 4.78. The van der Waals surface area contributed by atoms with Crippen LogP contribution in [0, 0.1) is 11.3 Å². The lowest BCUT2D eigenvalue weighted by Crippen LogP contribution is -2.39. The number of rotatable bonds is 5. The minimum Gasteiger partial charge on any atom is -0.481 e. The van der Waals surface area contributed by atoms with Gasteiger partial charge in [-0.3, -0.25) is 4.79 Å². The maximum absolute atomic E-state index is 11.3. The van der Waals surface area contributed by atoms with Crippen molar-refractivity contribution in [2.24, 2.45) is 17.1 Å². The normalized spacial score (nSPS) is 27.5. The average Bonchev–Trinajstić information content (AvgIpc) is 2.60. The molecule has 0 bridgehead atoms. The third-order valence-electron chi connectivity index (χ3n) is 3.59. The summed E-state index contributed by atoms with van der Waals surface area (Å²) in [5.41, 5.74) is 4.92. The molecule has 0 amide bonds. The Morgan fingerprint density at radius 1 is 1.60 bits per heavy atom. The Labute approximate surface area is 91.4 Å². The van der Waals surface area contributed by atoms with Gasteiger partial charge in [-0.1, -0.05) is 13.8 Å². The predicted octanol–water partition coefficient (Wildman–Crippen LogP) is 0.768. The Morgan fingerprint density at radius 2 is 2.27 bits per heavy atom. The van der Waals surface area contributed by atoms with Crippen LogP contribution in [0.4, 0.5) is 0 Å². The van der Waals surface area contributed by atoms with Crippen molar-refractivity contribution in [3.05, 3.63) is 0 Å². The molecule has 0 aromatic heterocycles. The molecule has 1 aliphatic rings. The van der Waals surface area contributed by atoms with E-state index in [1.807, 2.05) is 13.8 Å². The molecule has 1 heterocycles. The number of carboxylic acid groups (broad SMARTS) is 1. The molecule has 15 heavy (non-hydrogen) atoms. The summed E-state index contributed by atoms with van der Waals surface area (Å²) in [5, 5.41) is 9.33. The van der Waals surface area contributed by atoms with Crippen molar-refractivity contribution in [2.45, 2.75) is 26.7 Å². The highest BCUT2D eigenvalue weighted by Crippen LogP contribution is 2.37. The molecule has 4 heteroatoms. The first-order chi connectivity index (χ1) is 7.03. The lowest BCUT2D eigenvalue weighted by atomic mass is 9.76. The minimum atomic E-state index is -0.646.